The number of carbonyl (C=O) groups excluding carboxylic acids is 1. The summed E-state index contributed by atoms with van der Waals surface area (Å²) in [6.07, 6.45) is 6.96. The maximum atomic E-state index is 12.8. The van der Waals surface area contributed by atoms with E-state index in [0.29, 0.717) is 42.9 Å². The number of amides is 1. The van der Waals surface area contributed by atoms with E-state index in [-0.39, 0.29) is 12.0 Å². The van der Waals surface area contributed by atoms with Crippen LogP contribution in [0.2, 0.25) is 0 Å². The van der Waals surface area contributed by atoms with Crippen LogP contribution in [0.25, 0.3) is 5.69 Å². The molecule has 6 nitrogen and oxygen atoms in total. The summed E-state index contributed by atoms with van der Waals surface area (Å²) in [5.41, 5.74) is 2.15. The molecule has 6 heteroatoms. The second kappa shape index (κ2) is 7.97. The molecule has 0 aliphatic carbocycles. The molecule has 1 saturated heterocycles. The van der Waals surface area contributed by atoms with Crippen molar-refractivity contribution in [2.24, 2.45) is 0 Å². The van der Waals surface area contributed by atoms with Gasteiger partial charge in [-0.2, -0.15) is 5.26 Å². The lowest BCUT2D eigenvalue weighted by Crippen LogP contribution is -2.41. The molecule has 0 radical (unpaired) electrons. The molecule has 4 rings (SSSR count). The normalized spacial score (nSPS) is 14.5. The Balaban J connectivity index is 1.36. The van der Waals surface area contributed by atoms with Crippen LogP contribution in [-0.4, -0.2) is 39.6 Å². The Morgan fingerprint density at radius 1 is 1.07 bits per heavy atom. The minimum atomic E-state index is -0.0397. The predicted octanol–water partition coefficient (Wildman–Crippen LogP) is 3.43. The summed E-state index contributed by atoms with van der Waals surface area (Å²) in [5.74, 6) is 0.406. The smallest absolute Gasteiger partial charge is 0.253 e. The summed E-state index contributed by atoms with van der Waals surface area (Å²) in [4.78, 5) is 18.8. The molecule has 1 aliphatic rings. The maximum absolute atomic E-state index is 12.8. The van der Waals surface area contributed by atoms with Crippen LogP contribution in [0.5, 0.6) is 5.88 Å². The first-order valence-electron chi connectivity index (χ1n) is 9.29. The molecular weight excluding hydrogens is 352 g/mol. The van der Waals surface area contributed by atoms with E-state index in [0.717, 1.165) is 5.69 Å². The van der Waals surface area contributed by atoms with Gasteiger partial charge in [0.15, 0.2) is 0 Å². The molecule has 1 aliphatic heterocycles. The van der Waals surface area contributed by atoms with Gasteiger partial charge in [-0.05, 0) is 48.5 Å². The summed E-state index contributed by atoms with van der Waals surface area (Å²) >= 11 is 0. The summed E-state index contributed by atoms with van der Waals surface area (Å²) in [6, 6.07) is 17.1. The van der Waals surface area contributed by atoms with Crippen molar-refractivity contribution >= 4 is 5.91 Å². The molecule has 1 aromatic carbocycles. The molecule has 28 heavy (non-hydrogen) atoms. The number of carbonyl (C=O) groups is 1. The van der Waals surface area contributed by atoms with Crippen LogP contribution in [-0.2, 0) is 0 Å². The number of aromatic nitrogens is 2. The lowest BCUT2D eigenvalue weighted by Gasteiger charge is -2.32. The number of piperidine rings is 1. The number of hydrogen-bond acceptors (Lipinski definition) is 4. The molecular formula is C22H20N4O2. The van der Waals surface area contributed by atoms with E-state index in [9.17, 15) is 4.79 Å². The number of hydrogen-bond donors (Lipinski definition) is 0. The highest BCUT2D eigenvalue weighted by Gasteiger charge is 2.25. The lowest BCUT2D eigenvalue weighted by atomic mass is 10.1. The highest BCUT2D eigenvalue weighted by molar-refractivity contribution is 5.94. The SMILES string of the molecule is N#Cc1cccnc1OC1CCN(C(=O)c2ccc(-n3cccc3)cc2)CC1. The fourth-order valence-corrected chi connectivity index (χ4v) is 3.37. The van der Waals surface area contributed by atoms with E-state index >= 15 is 0 Å². The summed E-state index contributed by atoms with van der Waals surface area (Å²) in [5, 5.41) is 9.14. The largest absolute Gasteiger partial charge is 0.473 e. The Kier molecular flexibility index (Phi) is 5.07. The van der Waals surface area contributed by atoms with Gasteiger partial charge in [0.25, 0.3) is 5.91 Å². The van der Waals surface area contributed by atoms with Crippen LogP contribution in [0.4, 0.5) is 0 Å². The van der Waals surface area contributed by atoms with Crippen molar-refractivity contribution in [2.75, 3.05) is 13.1 Å². The molecule has 0 saturated carbocycles. The fourth-order valence-electron chi connectivity index (χ4n) is 3.37. The minimum absolute atomic E-state index is 0.0352. The van der Waals surface area contributed by atoms with Gasteiger partial charge in [0.05, 0.1) is 0 Å². The third-order valence-corrected chi connectivity index (χ3v) is 4.92. The first kappa shape index (κ1) is 17.8. The molecule has 1 fully saturated rings. The number of benzene rings is 1. The van der Waals surface area contributed by atoms with Crippen LogP contribution in [0.1, 0.15) is 28.8 Å². The van der Waals surface area contributed by atoms with Gasteiger partial charge in [-0.25, -0.2) is 4.98 Å². The average Bonchev–Trinajstić information content (AvgIpc) is 3.29. The number of likely N-dealkylation sites (tertiary alicyclic amines) is 1. The van der Waals surface area contributed by atoms with E-state index in [1.807, 2.05) is 58.3 Å². The Morgan fingerprint density at radius 2 is 1.79 bits per heavy atom. The van der Waals surface area contributed by atoms with Crippen LogP contribution in [0.15, 0.2) is 67.1 Å². The Labute approximate surface area is 163 Å². The zero-order chi connectivity index (χ0) is 19.3. The quantitative estimate of drug-likeness (QED) is 0.703. The van der Waals surface area contributed by atoms with Crippen molar-refractivity contribution in [3.8, 4) is 17.6 Å². The Bertz CT molecular complexity index is 982. The summed E-state index contributed by atoms with van der Waals surface area (Å²) in [6.45, 7) is 1.25. The van der Waals surface area contributed by atoms with Crippen molar-refractivity contribution in [2.45, 2.75) is 18.9 Å². The third-order valence-electron chi connectivity index (χ3n) is 4.92. The number of nitriles is 1. The molecule has 0 spiro atoms. The van der Waals surface area contributed by atoms with Gasteiger partial charge < -0.3 is 14.2 Å². The van der Waals surface area contributed by atoms with E-state index < -0.39 is 0 Å². The van der Waals surface area contributed by atoms with E-state index in [1.54, 1.807) is 18.3 Å². The number of rotatable bonds is 4. The van der Waals surface area contributed by atoms with E-state index in [1.165, 1.54) is 0 Å². The molecule has 3 aromatic rings. The van der Waals surface area contributed by atoms with Crippen LogP contribution >= 0.6 is 0 Å². The lowest BCUT2D eigenvalue weighted by molar-refractivity contribution is 0.0587. The van der Waals surface area contributed by atoms with Gasteiger partial charge in [-0.3, -0.25) is 4.79 Å². The topological polar surface area (TPSA) is 71.2 Å². The van der Waals surface area contributed by atoms with Crippen LogP contribution in [0.3, 0.4) is 0 Å². The molecule has 0 atom stereocenters. The fraction of sp³-hybridized carbons (Fsp3) is 0.227. The predicted molar refractivity (Wildman–Crippen MR) is 104 cm³/mol. The van der Waals surface area contributed by atoms with Crippen molar-refractivity contribution in [1.29, 1.82) is 5.26 Å². The van der Waals surface area contributed by atoms with Crippen molar-refractivity contribution in [3.05, 3.63) is 78.2 Å². The van der Waals surface area contributed by atoms with E-state index in [4.69, 9.17) is 10.00 Å². The third kappa shape index (κ3) is 3.74. The molecule has 0 bridgehead atoms. The second-order valence-corrected chi connectivity index (χ2v) is 6.71. The zero-order valence-electron chi connectivity index (χ0n) is 15.4. The Hall–Kier alpha value is -3.59. The summed E-state index contributed by atoms with van der Waals surface area (Å²) in [7, 11) is 0. The van der Waals surface area contributed by atoms with Crippen LogP contribution < -0.4 is 4.74 Å². The molecule has 2 aromatic heterocycles. The molecule has 0 unspecified atom stereocenters. The van der Waals surface area contributed by atoms with Gasteiger partial charge >= 0.3 is 0 Å². The number of pyridine rings is 1. The molecule has 3 heterocycles. The monoisotopic (exact) mass is 372 g/mol. The maximum Gasteiger partial charge on any atom is 0.253 e. The van der Waals surface area contributed by atoms with Gasteiger partial charge in [-0.1, -0.05) is 0 Å². The molecule has 1 amide bonds. The van der Waals surface area contributed by atoms with Gasteiger partial charge in [-0.15, -0.1) is 0 Å². The second-order valence-electron chi connectivity index (χ2n) is 6.71. The highest BCUT2D eigenvalue weighted by Crippen LogP contribution is 2.21. The van der Waals surface area contributed by atoms with Crippen molar-refractivity contribution in [1.82, 2.24) is 14.5 Å². The van der Waals surface area contributed by atoms with Gasteiger partial charge in [0, 0.05) is 55.8 Å². The first-order chi connectivity index (χ1) is 13.7. The molecule has 140 valence electrons. The van der Waals surface area contributed by atoms with Gasteiger partial charge in [0.1, 0.15) is 17.7 Å². The van der Waals surface area contributed by atoms with Crippen molar-refractivity contribution in [3.63, 3.8) is 0 Å². The van der Waals surface area contributed by atoms with Crippen molar-refractivity contribution < 1.29 is 9.53 Å². The van der Waals surface area contributed by atoms with E-state index in [2.05, 4.69) is 11.1 Å². The van der Waals surface area contributed by atoms with Gasteiger partial charge in [0.2, 0.25) is 5.88 Å². The standard InChI is InChI=1S/C22H20N4O2/c23-16-18-4-3-11-24-21(18)28-20-9-14-26(15-10-20)22(27)17-5-7-19(8-6-17)25-12-1-2-13-25/h1-8,11-13,20H,9-10,14-15H2. The summed E-state index contributed by atoms with van der Waals surface area (Å²) < 4.78 is 7.90. The average molecular weight is 372 g/mol. The molecule has 0 N–H and O–H groups in total. The Morgan fingerprint density at radius 3 is 2.46 bits per heavy atom. The zero-order valence-corrected chi connectivity index (χ0v) is 15.4. The highest BCUT2D eigenvalue weighted by atomic mass is 16.5. The number of nitrogens with zero attached hydrogens (tertiary/aromatic N) is 4. The minimum Gasteiger partial charge on any atom is -0.473 e. The van der Waals surface area contributed by atoms with Crippen LogP contribution in [0, 0.1) is 11.3 Å². The number of ether oxygens (including phenoxy) is 1. The first-order valence-corrected chi connectivity index (χ1v) is 9.29.